The Morgan fingerprint density at radius 2 is 0.593 bits per heavy atom. The minimum atomic E-state index is -0.0266. The molecule has 1 aromatic heterocycles. The molecular formula is C51H41N3. The molecule has 0 aliphatic heterocycles. The molecule has 1 aliphatic carbocycles. The van der Waals surface area contributed by atoms with Gasteiger partial charge in [-0.1, -0.05) is 201 Å². The first-order chi connectivity index (χ1) is 26.7. The van der Waals surface area contributed by atoms with E-state index >= 15 is 0 Å². The Morgan fingerprint density at radius 1 is 0.278 bits per heavy atom. The van der Waals surface area contributed by atoms with E-state index in [1.165, 1.54) is 58.2 Å². The molecule has 1 aliphatic rings. The molecule has 9 rings (SSSR count). The summed E-state index contributed by atoms with van der Waals surface area (Å²) < 4.78 is 0. The van der Waals surface area contributed by atoms with Crippen molar-refractivity contribution in [3.05, 3.63) is 199 Å². The molecule has 54 heavy (non-hydrogen) atoms. The van der Waals surface area contributed by atoms with E-state index in [0.717, 1.165) is 35.1 Å². The number of aromatic nitrogens is 3. The zero-order valence-corrected chi connectivity index (χ0v) is 30.3. The van der Waals surface area contributed by atoms with Gasteiger partial charge in [-0.15, -0.1) is 0 Å². The first kappa shape index (κ1) is 33.4. The topological polar surface area (TPSA) is 38.7 Å². The van der Waals surface area contributed by atoms with Crippen molar-refractivity contribution in [1.29, 1.82) is 0 Å². The number of hydrogen-bond donors (Lipinski definition) is 0. The monoisotopic (exact) mass is 695 g/mol. The lowest BCUT2D eigenvalue weighted by Crippen LogP contribution is -2.30. The van der Waals surface area contributed by atoms with E-state index < -0.39 is 0 Å². The standard InChI is InChI=1S/C51H41N3/c1-5-14-37(15-6-1)39-22-24-42(25-23-39)49-52-48(41-18-9-3-10-19-41)53-50(54-49)43-28-32-47(33-29-43)51(34-11-4-12-35-51)46-30-26-40(27-31-46)45-21-13-20-44(36-45)38-16-7-2-8-17-38/h1-3,5-10,13-33,36H,4,11-12,34-35H2. The van der Waals surface area contributed by atoms with E-state index in [-0.39, 0.29) is 5.41 Å². The molecule has 3 nitrogen and oxygen atoms in total. The third-order valence-electron chi connectivity index (χ3n) is 11.1. The molecule has 0 radical (unpaired) electrons. The van der Waals surface area contributed by atoms with Crippen molar-refractivity contribution in [2.45, 2.75) is 37.5 Å². The van der Waals surface area contributed by atoms with Gasteiger partial charge in [-0.3, -0.25) is 0 Å². The van der Waals surface area contributed by atoms with Crippen LogP contribution in [0.5, 0.6) is 0 Å². The van der Waals surface area contributed by atoms with Gasteiger partial charge in [0.25, 0.3) is 0 Å². The maximum absolute atomic E-state index is 5.06. The highest BCUT2D eigenvalue weighted by atomic mass is 15.0. The Morgan fingerprint density at radius 3 is 1.07 bits per heavy atom. The molecule has 0 unspecified atom stereocenters. The molecule has 0 amide bonds. The first-order valence-corrected chi connectivity index (χ1v) is 19.1. The second-order valence-electron chi connectivity index (χ2n) is 14.4. The van der Waals surface area contributed by atoms with Crippen LogP contribution in [-0.4, -0.2) is 15.0 Å². The van der Waals surface area contributed by atoms with Crippen LogP contribution < -0.4 is 0 Å². The lowest BCUT2D eigenvalue weighted by atomic mass is 9.65. The molecular weight excluding hydrogens is 655 g/mol. The maximum atomic E-state index is 5.06. The molecule has 0 N–H and O–H groups in total. The Hall–Kier alpha value is -6.45. The molecule has 1 fully saturated rings. The summed E-state index contributed by atoms with van der Waals surface area (Å²) in [6, 6.07) is 67.0. The zero-order chi connectivity index (χ0) is 36.2. The van der Waals surface area contributed by atoms with E-state index in [9.17, 15) is 0 Å². The van der Waals surface area contributed by atoms with Crippen molar-refractivity contribution in [2.75, 3.05) is 0 Å². The SMILES string of the molecule is c1ccc(-c2ccc(-c3nc(-c4ccccc4)nc(-c4ccc(C5(c6ccc(-c7cccc(-c8ccccc8)c7)cc6)CCCCC5)cc4)n3)cc2)cc1. The third-order valence-corrected chi connectivity index (χ3v) is 11.1. The molecule has 8 aromatic rings. The van der Waals surface area contributed by atoms with Gasteiger partial charge in [0.1, 0.15) is 0 Å². The van der Waals surface area contributed by atoms with Gasteiger partial charge in [0.05, 0.1) is 0 Å². The van der Waals surface area contributed by atoms with Gasteiger partial charge >= 0.3 is 0 Å². The quantitative estimate of drug-likeness (QED) is 0.159. The second-order valence-corrected chi connectivity index (χ2v) is 14.4. The largest absolute Gasteiger partial charge is 0.208 e. The van der Waals surface area contributed by atoms with Crippen LogP contribution in [0.25, 0.3) is 67.5 Å². The van der Waals surface area contributed by atoms with Gasteiger partial charge in [-0.25, -0.2) is 15.0 Å². The molecule has 7 aromatic carbocycles. The lowest BCUT2D eigenvalue weighted by Gasteiger charge is -2.39. The van der Waals surface area contributed by atoms with Gasteiger partial charge in [0, 0.05) is 22.1 Å². The van der Waals surface area contributed by atoms with Crippen LogP contribution in [0, 0.1) is 0 Å². The van der Waals surface area contributed by atoms with Crippen molar-refractivity contribution in [3.8, 4) is 67.5 Å². The summed E-state index contributed by atoms with van der Waals surface area (Å²) in [7, 11) is 0. The highest BCUT2D eigenvalue weighted by Gasteiger charge is 2.35. The Kier molecular flexibility index (Phi) is 9.20. The zero-order valence-electron chi connectivity index (χ0n) is 30.3. The van der Waals surface area contributed by atoms with Crippen LogP contribution in [-0.2, 0) is 5.41 Å². The minimum absolute atomic E-state index is 0.0266. The van der Waals surface area contributed by atoms with Crippen molar-refractivity contribution in [3.63, 3.8) is 0 Å². The maximum Gasteiger partial charge on any atom is 0.164 e. The van der Waals surface area contributed by atoms with E-state index in [1.54, 1.807) is 0 Å². The molecule has 1 saturated carbocycles. The predicted octanol–water partition coefficient (Wildman–Crippen LogP) is 13.1. The normalized spacial score (nSPS) is 13.7. The summed E-state index contributed by atoms with van der Waals surface area (Å²) >= 11 is 0. The molecule has 0 bridgehead atoms. The van der Waals surface area contributed by atoms with E-state index in [2.05, 4.69) is 164 Å². The highest BCUT2D eigenvalue weighted by molar-refractivity contribution is 5.74. The predicted molar refractivity (Wildman–Crippen MR) is 223 cm³/mol. The van der Waals surface area contributed by atoms with Crippen molar-refractivity contribution in [2.24, 2.45) is 0 Å². The molecule has 260 valence electrons. The minimum Gasteiger partial charge on any atom is -0.208 e. The van der Waals surface area contributed by atoms with Crippen molar-refractivity contribution in [1.82, 2.24) is 15.0 Å². The summed E-state index contributed by atoms with van der Waals surface area (Å²) in [6.07, 6.45) is 6.02. The Bertz CT molecular complexity index is 2470. The summed E-state index contributed by atoms with van der Waals surface area (Å²) in [5.74, 6) is 2.02. The average molecular weight is 696 g/mol. The van der Waals surface area contributed by atoms with Crippen molar-refractivity contribution < 1.29 is 0 Å². The van der Waals surface area contributed by atoms with Gasteiger partial charge in [-0.2, -0.15) is 0 Å². The number of rotatable bonds is 8. The van der Waals surface area contributed by atoms with Gasteiger partial charge in [-0.05, 0) is 63.4 Å². The second kappa shape index (κ2) is 14.9. The average Bonchev–Trinajstić information content (AvgIpc) is 3.27. The fourth-order valence-electron chi connectivity index (χ4n) is 8.12. The Balaban J connectivity index is 1.04. The summed E-state index contributed by atoms with van der Waals surface area (Å²) in [6.45, 7) is 0. The molecule has 0 spiro atoms. The van der Waals surface area contributed by atoms with Gasteiger partial charge in [0.15, 0.2) is 17.5 Å². The summed E-state index contributed by atoms with van der Waals surface area (Å²) in [5.41, 5.74) is 13.0. The van der Waals surface area contributed by atoms with E-state index in [0.29, 0.717) is 17.5 Å². The van der Waals surface area contributed by atoms with Crippen LogP contribution in [0.3, 0.4) is 0 Å². The molecule has 0 atom stereocenters. The van der Waals surface area contributed by atoms with Crippen LogP contribution >= 0.6 is 0 Å². The summed E-state index contributed by atoms with van der Waals surface area (Å²) in [5, 5.41) is 0. The van der Waals surface area contributed by atoms with E-state index in [4.69, 9.17) is 15.0 Å². The fraction of sp³-hybridized carbons (Fsp3) is 0.118. The number of benzene rings is 7. The molecule has 1 heterocycles. The van der Waals surface area contributed by atoms with Crippen LogP contribution in [0.1, 0.15) is 43.2 Å². The highest BCUT2D eigenvalue weighted by Crippen LogP contribution is 2.46. The number of hydrogen-bond acceptors (Lipinski definition) is 3. The van der Waals surface area contributed by atoms with Gasteiger partial charge in [0.2, 0.25) is 0 Å². The van der Waals surface area contributed by atoms with Crippen LogP contribution in [0.4, 0.5) is 0 Å². The lowest BCUT2D eigenvalue weighted by molar-refractivity contribution is 0.346. The van der Waals surface area contributed by atoms with Crippen molar-refractivity contribution >= 4 is 0 Å². The molecule has 3 heteroatoms. The van der Waals surface area contributed by atoms with E-state index in [1.807, 2.05) is 24.3 Å². The first-order valence-electron chi connectivity index (χ1n) is 19.1. The fourth-order valence-corrected chi connectivity index (χ4v) is 8.12. The Labute approximate surface area is 318 Å². The third kappa shape index (κ3) is 6.77. The smallest absolute Gasteiger partial charge is 0.164 e. The number of nitrogens with zero attached hydrogens (tertiary/aromatic N) is 3. The van der Waals surface area contributed by atoms with Gasteiger partial charge < -0.3 is 0 Å². The summed E-state index contributed by atoms with van der Waals surface area (Å²) in [4.78, 5) is 15.1. The van der Waals surface area contributed by atoms with Crippen LogP contribution in [0.15, 0.2) is 188 Å². The van der Waals surface area contributed by atoms with Crippen LogP contribution in [0.2, 0.25) is 0 Å². The molecule has 0 saturated heterocycles.